The molecule has 0 radical (unpaired) electrons. The molecule has 0 unspecified atom stereocenters. The molecule has 0 saturated heterocycles. The average Bonchev–Trinajstić information content (AvgIpc) is 2.44. The highest BCUT2D eigenvalue weighted by Crippen LogP contribution is 2.27. The van der Waals surface area contributed by atoms with E-state index in [0.29, 0.717) is 11.1 Å². The summed E-state index contributed by atoms with van der Waals surface area (Å²) in [6, 6.07) is 13.7. The highest BCUT2D eigenvalue weighted by molar-refractivity contribution is 5.95. The van der Waals surface area contributed by atoms with E-state index in [9.17, 15) is 9.18 Å². The van der Waals surface area contributed by atoms with Gasteiger partial charge in [0.25, 0.3) is 0 Å². The largest absolute Gasteiger partial charge is 0.478 e. The van der Waals surface area contributed by atoms with Crippen LogP contribution in [0.3, 0.4) is 0 Å². The van der Waals surface area contributed by atoms with E-state index in [1.165, 1.54) is 12.1 Å². The predicted octanol–water partition coefficient (Wildman–Crippen LogP) is 4.64. The van der Waals surface area contributed by atoms with Crippen molar-refractivity contribution in [1.82, 2.24) is 0 Å². The van der Waals surface area contributed by atoms with Gasteiger partial charge in [-0.2, -0.15) is 0 Å². The second-order valence-corrected chi connectivity index (χ2v) is 6.23. The van der Waals surface area contributed by atoms with E-state index in [1.807, 2.05) is 24.3 Å². The molecule has 0 atom stereocenters. The second-order valence-electron chi connectivity index (χ2n) is 6.23. The maximum atomic E-state index is 13.4. The lowest BCUT2D eigenvalue weighted by Gasteiger charge is -2.19. The van der Waals surface area contributed by atoms with Crippen molar-refractivity contribution in [3.63, 3.8) is 0 Å². The van der Waals surface area contributed by atoms with Crippen LogP contribution in [0.2, 0.25) is 0 Å². The molecule has 0 amide bonds. The lowest BCUT2D eigenvalue weighted by Crippen LogP contribution is -2.10. The van der Waals surface area contributed by atoms with Gasteiger partial charge in [0.15, 0.2) is 0 Å². The zero-order valence-corrected chi connectivity index (χ0v) is 12.9. The Labute approximate surface area is 129 Å². The first-order chi connectivity index (χ1) is 10.3. The van der Waals surface area contributed by atoms with Crippen LogP contribution in [-0.2, 0) is 10.2 Å². The van der Waals surface area contributed by atoms with E-state index < -0.39 is 5.97 Å². The summed E-state index contributed by atoms with van der Waals surface area (Å²) in [7, 11) is 0. The van der Waals surface area contributed by atoms with Gasteiger partial charge in [-0.1, -0.05) is 57.2 Å². The minimum absolute atomic E-state index is 0.0219. The fraction of sp³-hybridized carbons (Fsp3) is 0.211. The fourth-order valence-corrected chi connectivity index (χ4v) is 2.26. The van der Waals surface area contributed by atoms with Crippen LogP contribution in [0.4, 0.5) is 4.39 Å². The highest BCUT2D eigenvalue weighted by Gasteiger charge is 2.14. The number of benzene rings is 2. The Morgan fingerprint density at radius 3 is 2.18 bits per heavy atom. The van der Waals surface area contributed by atoms with E-state index in [-0.39, 0.29) is 11.2 Å². The lowest BCUT2D eigenvalue weighted by molar-refractivity contribution is -0.131. The van der Waals surface area contributed by atoms with Crippen molar-refractivity contribution in [2.45, 2.75) is 26.2 Å². The van der Waals surface area contributed by atoms with Crippen molar-refractivity contribution in [1.29, 1.82) is 0 Å². The van der Waals surface area contributed by atoms with Crippen LogP contribution in [0.15, 0.2) is 54.6 Å². The molecular weight excluding hydrogens is 279 g/mol. The number of carboxylic acid groups (broad SMARTS) is 1. The van der Waals surface area contributed by atoms with Crippen LogP contribution >= 0.6 is 0 Å². The molecular formula is C19H19FO2. The second kappa shape index (κ2) is 6.14. The van der Waals surface area contributed by atoms with Crippen LogP contribution in [0.1, 0.15) is 37.5 Å². The van der Waals surface area contributed by atoms with Gasteiger partial charge < -0.3 is 5.11 Å². The third-order valence-electron chi connectivity index (χ3n) is 3.47. The molecule has 1 N–H and O–H groups in total. The first-order valence-electron chi connectivity index (χ1n) is 7.09. The van der Waals surface area contributed by atoms with Crippen LogP contribution in [0.25, 0.3) is 5.57 Å². The molecule has 2 nitrogen and oxygen atoms in total. The number of carboxylic acids is 1. The number of halogens is 1. The molecule has 0 aromatic heterocycles. The van der Waals surface area contributed by atoms with Crippen molar-refractivity contribution in [3.05, 3.63) is 77.1 Å². The zero-order valence-electron chi connectivity index (χ0n) is 12.9. The van der Waals surface area contributed by atoms with E-state index in [2.05, 4.69) is 20.8 Å². The van der Waals surface area contributed by atoms with E-state index >= 15 is 0 Å². The number of hydrogen-bond acceptors (Lipinski definition) is 1. The molecule has 3 heteroatoms. The molecule has 2 aromatic rings. The molecule has 114 valence electrons. The summed E-state index contributed by atoms with van der Waals surface area (Å²) >= 11 is 0. The number of carbonyl (C=O) groups is 1. The standard InChI is InChI=1S/C19H19FO2/c1-19(2,3)15-9-7-13(8-10-15)17(12-18(21)22)14-5-4-6-16(20)11-14/h4-12H,1-3H3,(H,21,22)/b17-12-. The maximum absolute atomic E-state index is 13.4. The van der Waals surface area contributed by atoms with Gasteiger partial charge in [0.05, 0.1) is 0 Å². The molecule has 0 fully saturated rings. The van der Waals surface area contributed by atoms with Gasteiger partial charge in [-0.25, -0.2) is 9.18 Å². The Hall–Kier alpha value is -2.42. The van der Waals surface area contributed by atoms with Crippen LogP contribution in [-0.4, -0.2) is 11.1 Å². The molecule has 0 bridgehead atoms. The fourth-order valence-electron chi connectivity index (χ4n) is 2.26. The minimum Gasteiger partial charge on any atom is -0.478 e. The Kier molecular flexibility index (Phi) is 4.45. The summed E-state index contributed by atoms with van der Waals surface area (Å²) in [6.07, 6.45) is 1.11. The first-order valence-corrected chi connectivity index (χ1v) is 7.09. The molecule has 0 aliphatic rings. The summed E-state index contributed by atoms with van der Waals surface area (Å²) < 4.78 is 13.4. The summed E-state index contributed by atoms with van der Waals surface area (Å²) in [6.45, 7) is 6.34. The van der Waals surface area contributed by atoms with E-state index in [0.717, 1.165) is 17.2 Å². The Morgan fingerprint density at radius 2 is 1.68 bits per heavy atom. The molecule has 0 heterocycles. The number of aliphatic carboxylic acids is 1. The molecule has 0 aliphatic carbocycles. The molecule has 0 aliphatic heterocycles. The molecule has 0 spiro atoms. The summed E-state index contributed by atoms with van der Waals surface area (Å²) in [5.41, 5.74) is 2.97. The van der Waals surface area contributed by atoms with Crippen molar-refractivity contribution in [2.75, 3.05) is 0 Å². The molecule has 2 aromatic carbocycles. The van der Waals surface area contributed by atoms with Crippen molar-refractivity contribution >= 4 is 11.5 Å². The van der Waals surface area contributed by atoms with Crippen LogP contribution < -0.4 is 0 Å². The van der Waals surface area contributed by atoms with Crippen molar-refractivity contribution < 1.29 is 14.3 Å². The van der Waals surface area contributed by atoms with Gasteiger partial charge in [0, 0.05) is 6.08 Å². The minimum atomic E-state index is -1.06. The van der Waals surface area contributed by atoms with Crippen LogP contribution in [0.5, 0.6) is 0 Å². The van der Waals surface area contributed by atoms with Gasteiger partial charge in [0.1, 0.15) is 5.82 Å². The normalized spacial score (nSPS) is 12.3. The number of hydrogen-bond donors (Lipinski definition) is 1. The van der Waals surface area contributed by atoms with Gasteiger partial charge in [0.2, 0.25) is 0 Å². The van der Waals surface area contributed by atoms with Gasteiger partial charge >= 0.3 is 5.97 Å². The first kappa shape index (κ1) is 16.0. The summed E-state index contributed by atoms with van der Waals surface area (Å²) in [5.74, 6) is -1.45. The average molecular weight is 298 g/mol. The Morgan fingerprint density at radius 1 is 1.05 bits per heavy atom. The SMILES string of the molecule is CC(C)(C)c1ccc(/C(=C/C(=O)O)c2cccc(F)c2)cc1. The van der Waals surface area contributed by atoms with Crippen molar-refractivity contribution in [3.8, 4) is 0 Å². The lowest BCUT2D eigenvalue weighted by atomic mass is 9.85. The smallest absolute Gasteiger partial charge is 0.328 e. The van der Waals surface area contributed by atoms with E-state index in [1.54, 1.807) is 12.1 Å². The van der Waals surface area contributed by atoms with Gasteiger partial charge in [-0.15, -0.1) is 0 Å². The molecule has 2 rings (SSSR count). The zero-order chi connectivity index (χ0) is 16.3. The quantitative estimate of drug-likeness (QED) is 0.838. The maximum Gasteiger partial charge on any atom is 0.328 e. The summed E-state index contributed by atoms with van der Waals surface area (Å²) in [5, 5.41) is 9.09. The monoisotopic (exact) mass is 298 g/mol. The predicted molar refractivity (Wildman–Crippen MR) is 86.3 cm³/mol. The van der Waals surface area contributed by atoms with E-state index in [4.69, 9.17) is 5.11 Å². The van der Waals surface area contributed by atoms with Gasteiger partial charge in [-0.05, 0) is 39.8 Å². The number of rotatable bonds is 3. The summed E-state index contributed by atoms with van der Waals surface area (Å²) in [4.78, 5) is 11.1. The third kappa shape index (κ3) is 3.82. The Bertz CT molecular complexity index is 707. The van der Waals surface area contributed by atoms with Crippen molar-refractivity contribution in [2.24, 2.45) is 0 Å². The topological polar surface area (TPSA) is 37.3 Å². The van der Waals surface area contributed by atoms with Gasteiger partial charge in [-0.3, -0.25) is 0 Å². The molecule has 22 heavy (non-hydrogen) atoms. The third-order valence-corrected chi connectivity index (χ3v) is 3.47. The Balaban J connectivity index is 2.50. The molecule has 0 saturated carbocycles. The highest BCUT2D eigenvalue weighted by atomic mass is 19.1. The van der Waals surface area contributed by atoms with Crippen LogP contribution in [0, 0.1) is 5.82 Å².